The number of hydrogen-bond donors (Lipinski definition) is 1. The molecule has 1 amide bonds. The van der Waals surface area contributed by atoms with Crippen molar-refractivity contribution in [3.8, 4) is 5.75 Å². The summed E-state index contributed by atoms with van der Waals surface area (Å²) in [5.74, 6) is 1.58. The first-order valence-corrected chi connectivity index (χ1v) is 14.1. The minimum absolute atomic E-state index is 0.195. The van der Waals surface area contributed by atoms with Gasteiger partial charge in [-0.25, -0.2) is 18.2 Å². The van der Waals surface area contributed by atoms with Crippen LogP contribution in [-0.4, -0.2) is 96.6 Å². The number of aromatic nitrogens is 1. The number of nitrogens with zero attached hydrogens (tertiary/aromatic N) is 4. The van der Waals surface area contributed by atoms with Gasteiger partial charge < -0.3 is 24.4 Å². The van der Waals surface area contributed by atoms with Gasteiger partial charge in [0.15, 0.2) is 0 Å². The van der Waals surface area contributed by atoms with Crippen LogP contribution in [0, 0.1) is 5.92 Å². The fraction of sp³-hybridized carbons (Fsp3) is 0.750. The van der Waals surface area contributed by atoms with Crippen LogP contribution in [0.1, 0.15) is 46.5 Å². The number of aliphatic hydroxyl groups is 1. The molecule has 10 nitrogen and oxygen atoms in total. The lowest BCUT2D eigenvalue weighted by Gasteiger charge is -2.35. The monoisotopic (exact) mass is 510 g/mol. The van der Waals surface area contributed by atoms with Crippen LogP contribution in [0.25, 0.3) is 0 Å². The summed E-state index contributed by atoms with van der Waals surface area (Å²) in [7, 11) is -3.50. The zero-order valence-corrected chi connectivity index (χ0v) is 21.8. The van der Waals surface area contributed by atoms with Crippen LogP contribution in [0.4, 0.5) is 10.6 Å². The summed E-state index contributed by atoms with van der Waals surface area (Å²) in [6.07, 6.45) is 5.19. The second-order valence-corrected chi connectivity index (χ2v) is 12.8. The maximum atomic E-state index is 12.5. The molecule has 0 unspecified atom stereocenters. The average Bonchev–Trinajstić information content (AvgIpc) is 3.53. The summed E-state index contributed by atoms with van der Waals surface area (Å²) in [6, 6.07) is 3.79. The number of hydrogen-bond acceptors (Lipinski definition) is 8. The molecule has 0 atom stereocenters. The van der Waals surface area contributed by atoms with E-state index < -0.39 is 15.6 Å². The van der Waals surface area contributed by atoms with E-state index in [9.17, 15) is 18.3 Å². The van der Waals surface area contributed by atoms with Crippen molar-refractivity contribution in [3.05, 3.63) is 18.3 Å². The topological polar surface area (TPSA) is 113 Å². The van der Waals surface area contributed by atoms with Crippen LogP contribution in [0.5, 0.6) is 5.75 Å². The fourth-order valence-corrected chi connectivity index (χ4v) is 6.22. The first-order chi connectivity index (χ1) is 16.4. The van der Waals surface area contributed by atoms with Crippen molar-refractivity contribution in [3.63, 3.8) is 0 Å². The van der Waals surface area contributed by atoms with Crippen molar-refractivity contribution < 1.29 is 27.8 Å². The highest BCUT2D eigenvalue weighted by molar-refractivity contribution is 7.89. The minimum atomic E-state index is -3.50. The third-order valence-electron chi connectivity index (χ3n) is 6.86. The molecule has 0 radical (unpaired) electrons. The maximum absolute atomic E-state index is 12.5. The Bertz CT molecular complexity index is 974. The molecule has 2 saturated heterocycles. The number of rotatable bonds is 8. The van der Waals surface area contributed by atoms with E-state index in [0.717, 1.165) is 31.5 Å². The standard InChI is InChI=1S/C24H38N4O6S/c1-23(2,30)18-35(31,32)28-14-12-26(13-15-28)21-5-4-20(16-25-21)33-17-19-6-10-27(11-7-19)22(29)34-24(3)8-9-24/h4-5,16,19,30H,6-15,17-18H2,1-3H3. The summed E-state index contributed by atoms with van der Waals surface area (Å²) >= 11 is 0. The first-order valence-electron chi connectivity index (χ1n) is 12.4. The normalized spacial score (nSPS) is 21.6. The van der Waals surface area contributed by atoms with Gasteiger partial charge in [-0.3, -0.25) is 0 Å². The third kappa shape index (κ3) is 7.20. The highest BCUT2D eigenvalue weighted by atomic mass is 32.2. The molecule has 2 aliphatic heterocycles. The molecule has 0 spiro atoms. The highest BCUT2D eigenvalue weighted by Crippen LogP contribution is 2.39. The van der Waals surface area contributed by atoms with E-state index in [1.807, 2.05) is 19.1 Å². The molecule has 4 rings (SSSR count). The SMILES string of the molecule is CC(C)(O)CS(=O)(=O)N1CCN(c2ccc(OCC3CCN(C(=O)OC4(C)CC4)CC3)cn2)CC1. The van der Waals surface area contributed by atoms with E-state index >= 15 is 0 Å². The molecule has 35 heavy (non-hydrogen) atoms. The number of carbonyl (C=O) groups excluding carboxylic acids is 1. The molecule has 1 N–H and O–H groups in total. The van der Waals surface area contributed by atoms with E-state index in [-0.39, 0.29) is 17.4 Å². The van der Waals surface area contributed by atoms with Crippen molar-refractivity contribution in [2.75, 3.05) is 56.5 Å². The Morgan fingerprint density at radius 3 is 2.34 bits per heavy atom. The molecule has 1 aliphatic carbocycles. The molecule has 11 heteroatoms. The third-order valence-corrected chi connectivity index (χ3v) is 9.08. The van der Waals surface area contributed by atoms with Gasteiger partial charge in [0.25, 0.3) is 0 Å². The summed E-state index contributed by atoms with van der Waals surface area (Å²) in [4.78, 5) is 20.6. The molecule has 3 heterocycles. The number of sulfonamides is 1. The van der Waals surface area contributed by atoms with Gasteiger partial charge in [0, 0.05) is 39.3 Å². The van der Waals surface area contributed by atoms with Gasteiger partial charge in [0.05, 0.1) is 24.2 Å². The van der Waals surface area contributed by atoms with E-state index in [0.29, 0.717) is 57.5 Å². The van der Waals surface area contributed by atoms with Gasteiger partial charge in [0.2, 0.25) is 10.0 Å². The highest BCUT2D eigenvalue weighted by Gasteiger charge is 2.43. The molecule has 0 aromatic carbocycles. The van der Waals surface area contributed by atoms with Crippen LogP contribution in [-0.2, 0) is 14.8 Å². The van der Waals surface area contributed by atoms with Gasteiger partial charge in [-0.2, -0.15) is 4.31 Å². The molecular weight excluding hydrogens is 472 g/mol. The summed E-state index contributed by atoms with van der Waals surface area (Å²) < 4.78 is 37.9. The Hall–Kier alpha value is -2.11. The second kappa shape index (κ2) is 10.1. The predicted molar refractivity (Wildman–Crippen MR) is 132 cm³/mol. The summed E-state index contributed by atoms with van der Waals surface area (Å²) in [5.41, 5.74) is -1.50. The number of likely N-dealkylation sites (tertiary alicyclic amines) is 1. The predicted octanol–water partition coefficient (Wildman–Crippen LogP) is 2.08. The molecule has 1 aromatic heterocycles. The number of anilines is 1. The number of pyridine rings is 1. The maximum Gasteiger partial charge on any atom is 0.410 e. The summed E-state index contributed by atoms with van der Waals surface area (Å²) in [5, 5.41) is 9.88. The van der Waals surface area contributed by atoms with Gasteiger partial charge >= 0.3 is 6.09 Å². The lowest BCUT2D eigenvalue weighted by atomic mass is 9.98. The van der Waals surface area contributed by atoms with E-state index in [4.69, 9.17) is 9.47 Å². The van der Waals surface area contributed by atoms with Crippen molar-refractivity contribution >= 4 is 21.9 Å². The van der Waals surface area contributed by atoms with Crippen molar-refractivity contribution in [2.45, 2.75) is 57.7 Å². The number of ether oxygens (including phenoxy) is 2. The Kier molecular flexibility index (Phi) is 7.49. The van der Waals surface area contributed by atoms with Crippen LogP contribution in [0.2, 0.25) is 0 Å². The molecule has 0 bridgehead atoms. The molecular formula is C24H38N4O6S. The smallest absolute Gasteiger partial charge is 0.410 e. The number of carbonyl (C=O) groups is 1. The minimum Gasteiger partial charge on any atom is -0.492 e. The molecule has 1 saturated carbocycles. The largest absolute Gasteiger partial charge is 0.492 e. The Morgan fingerprint density at radius 2 is 1.80 bits per heavy atom. The number of amides is 1. The molecule has 1 aromatic rings. The van der Waals surface area contributed by atoms with Crippen LogP contribution < -0.4 is 9.64 Å². The molecule has 3 aliphatic rings. The van der Waals surface area contributed by atoms with Gasteiger partial charge in [-0.1, -0.05) is 0 Å². The van der Waals surface area contributed by atoms with E-state index in [1.165, 1.54) is 18.2 Å². The van der Waals surface area contributed by atoms with Crippen molar-refractivity contribution in [1.29, 1.82) is 0 Å². The quantitative estimate of drug-likeness (QED) is 0.566. The van der Waals surface area contributed by atoms with Gasteiger partial charge in [0.1, 0.15) is 17.2 Å². The Labute approximate surface area is 208 Å². The lowest BCUT2D eigenvalue weighted by molar-refractivity contribution is 0.0456. The van der Waals surface area contributed by atoms with E-state index in [1.54, 1.807) is 11.1 Å². The van der Waals surface area contributed by atoms with Gasteiger partial charge in [-0.05, 0) is 64.5 Å². The number of piperazine rings is 1. The number of piperidine rings is 1. The Morgan fingerprint density at radius 1 is 1.14 bits per heavy atom. The first kappa shape index (κ1) is 26.0. The zero-order chi connectivity index (χ0) is 25.3. The fourth-order valence-electron chi connectivity index (χ4n) is 4.43. The van der Waals surface area contributed by atoms with Gasteiger partial charge in [-0.15, -0.1) is 0 Å². The molecule has 3 fully saturated rings. The lowest BCUT2D eigenvalue weighted by Crippen LogP contribution is -2.51. The average molecular weight is 511 g/mol. The van der Waals surface area contributed by atoms with Crippen LogP contribution in [0.3, 0.4) is 0 Å². The van der Waals surface area contributed by atoms with Crippen molar-refractivity contribution in [2.24, 2.45) is 5.92 Å². The second-order valence-electron chi connectivity index (χ2n) is 10.9. The summed E-state index contributed by atoms with van der Waals surface area (Å²) in [6.45, 7) is 8.76. The van der Waals surface area contributed by atoms with E-state index in [2.05, 4.69) is 9.88 Å². The van der Waals surface area contributed by atoms with Crippen molar-refractivity contribution in [1.82, 2.24) is 14.2 Å². The van der Waals surface area contributed by atoms with Crippen LogP contribution >= 0.6 is 0 Å². The zero-order valence-electron chi connectivity index (χ0n) is 21.0. The Balaban J connectivity index is 1.18. The van der Waals surface area contributed by atoms with Crippen LogP contribution in [0.15, 0.2) is 18.3 Å². The molecule has 196 valence electrons.